The molecule has 0 aliphatic carbocycles. The highest BCUT2D eigenvalue weighted by molar-refractivity contribution is 7.92. The van der Waals surface area contributed by atoms with E-state index in [2.05, 4.69) is 10.3 Å². The highest BCUT2D eigenvalue weighted by Crippen LogP contribution is 2.23. The Bertz CT molecular complexity index is 621. The fraction of sp³-hybridized carbons (Fsp3) is 0.545. The highest BCUT2D eigenvalue weighted by Gasteiger charge is 2.21. The summed E-state index contributed by atoms with van der Waals surface area (Å²) in [5, 5.41) is 11.9. The van der Waals surface area contributed by atoms with Crippen LogP contribution in [0.4, 0.5) is 0 Å². The molecule has 0 saturated heterocycles. The van der Waals surface area contributed by atoms with Crippen LogP contribution in [0.3, 0.4) is 0 Å². The number of carbonyl (C=O) groups is 2. The van der Waals surface area contributed by atoms with E-state index in [1.807, 2.05) is 0 Å². The highest BCUT2D eigenvalue weighted by atomic mass is 32.2. The van der Waals surface area contributed by atoms with Gasteiger partial charge in [0, 0.05) is 5.75 Å². The van der Waals surface area contributed by atoms with Crippen LogP contribution < -0.4 is 5.32 Å². The molecular weight excluding hydrogens is 304 g/mol. The number of carboxylic acids is 1. The molecule has 0 aliphatic rings. The Hall–Kier alpha value is -1.48. The van der Waals surface area contributed by atoms with Gasteiger partial charge in [-0.3, -0.25) is 4.79 Å². The first-order valence-corrected chi connectivity index (χ1v) is 8.50. The van der Waals surface area contributed by atoms with Crippen molar-refractivity contribution in [2.24, 2.45) is 0 Å². The summed E-state index contributed by atoms with van der Waals surface area (Å²) in [4.78, 5) is 26.7. The Morgan fingerprint density at radius 1 is 1.45 bits per heavy atom. The Morgan fingerprint density at radius 2 is 2.05 bits per heavy atom. The first-order valence-electron chi connectivity index (χ1n) is 5.86. The maximum atomic E-state index is 11.6. The molecule has 0 spiro atoms. The summed E-state index contributed by atoms with van der Waals surface area (Å²) in [5.74, 6) is -2.37. The molecule has 1 atom stereocenters. The van der Waals surface area contributed by atoms with Gasteiger partial charge in [-0.05, 0) is 13.8 Å². The number of aryl methyl sites for hydroxylation is 1. The number of aromatic carboxylic acids is 1. The zero-order valence-corrected chi connectivity index (χ0v) is 13.0. The lowest BCUT2D eigenvalue weighted by Gasteiger charge is -2.10. The van der Waals surface area contributed by atoms with Crippen molar-refractivity contribution in [3.63, 3.8) is 0 Å². The summed E-state index contributed by atoms with van der Waals surface area (Å²) in [6.45, 7) is 4.66. The molecule has 1 unspecified atom stereocenters. The Balaban J connectivity index is 2.77. The standard InChI is InChI=1S/C11H16N2O5S2/c1-4-20(17,18)5-8(14)12-7(3)10-13-6(2)9(19-10)11(15)16/h7H,4-5H2,1-3H3,(H,12,14)(H,15,16). The number of aromatic nitrogens is 1. The number of amides is 1. The molecule has 7 nitrogen and oxygen atoms in total. The van der Waals surface area contributed by atoms with E-state index in [1.165, 1.54) is 6.92 Å². The lowest BCUT2D eigenvalue weighted by Crippen LogP contribution is -2.32. The second kappa shape index (κ2) is 6.31. The van der Waals surface area contributed by atoms with Crippen LogP contribution in [0.5, 0.6) is 0 Å². The number of carboxylic acid groups (broad SMARTS) is 1. The summed E-state index contributed by atoms with van der Waals surface area (Å²) in [6, 6.07) is -0.536. The molecule has 9 heteroatoms. The fourth-order valence-electron chi connectivity index (χ4n) is 1.45. The van der Waals surface area contributed by atoms with Crippen molar-refractivity contribution in [1.82, 2.24) is 10.3 Å². The summed E-state index contributed by atoms with van der Waals surface area (Å²) in [6.07, 6.45) is 0. The van der Waals surface area contributed by atoms with Crippen LogP contribution in [-0.4, -0.2) is 41.9 Å². The number of carbonyl (C=O) groups excluding carboxylic acids is 1. The minimum atomic E-state index is -3.39. The summed E-state index contributed by atoms with van der Waals surface area (Å²) in [5.41, 5.74) is 0.375. The van der Waals surface area contributed by atoms with Crippen molar-refractivity contribution >= 4 is 33.1 Å². The summed E-state index contributed by atoms with van der Waals surface area (Å²) < 4.78 is 22.6. The third-order valence-electron chi connectivity index (χ3n) is 2.55. The van der Waals surface area contributed by atoms with Crippen LogP contribution in [-0.2, 0) is 14.6 Å². The molecule has 2 N–H and O–H groups in total. The van der Waals surface area contributed by atoms with E-state index < -0.39 is 33.5 Å². The monoisotopic (exact) mass is 320 g/mol. The fourth-order valence-corrected chi connectivity index (χ4v) is 3.04. The number of rotatable bonds is 6. The molecule has 1 rings (SSSR count). The van der Waals surface area contributed by atoms with Gasteiger partial charge in [-0.2, -0.15) is 0 Å². The van der Waals surface area contributed by atoms with Gasteiger partial charge in [0.15, 0.2) is 9.84 Å². The Morgan fingerprint density at radius 3 is 2.50 bits per heavy atom. The van der Waals surface area contributed by atoms with Crippen LogP contribution in [0, 0.1) is 6.92 Å². The smallest absolute Gasteiger partial charge is 0.347 e. The normalized spacial score (nSPS) is 12.9. The summed E-state index contributed by atoms with van der Waals surface area (Å²) >= 11 is 0.967. The predicted molar refractivity (Wildman–Crippen MR) is 74.7 cm³/mol. The molecule has 0 radical (unpaired) electrons. The van der Waals surface area contributed by atoms with Gasteiger partial charge >= 0.3 is 5.97 Å². The number of hydrogen-bond acceptors (Lipinski definition) is 6. The van der Waals surface area contributed by atoms with Gasteiger partial charge in [0.25, 0.3) is 0 Å². The average Bonchev–Trinajstić information content (AvgIpc) is 2.70. The lowest BCUT2D eigenvalue weighted by atomic mass is 10.3. The second-order valence-electron chi connectivity index (χ2n) is 4.24. The van der Waals surface area contributed by atoms with Gasteiger partial charge in [0.1, 0.15) is 15.6 Å². The van der Waals surface area contributed by atoms with Gasteiger partial charge in [-0.1, -0.05) is 6.92 Å². The van der Waals surface area contributed by atoms with E-state index in [-0.39, 0.29) is 10.6 Å². The molecule has 0 fully saturated rings. The average molecular weight is 320 g/mol. The quantitative estimate of drug-likeness (QED) is 0.800. The lowest BCUT2D eigenvalue weighted by molar-refractivity contribution is -0.119. The molecule has 0 aliphatic heterocycles. The largest absolute Gasteiger partial charge is 0.477 e. The van der Waals surface area contributed by atoms with Crippen molar-refractivity contribution in [2.75, 3.05) is 11.5 Å². The van der Waals surface area contributed by atoms with Crippen LogP contribution in [0.1, 0.15) is 40.3 Å². The number of nitrogens with one attached hydrogen (secondary N) is 1. The number of sulfone groups is 1. The zero-order valence-electron chi connectivity index (χ0n) is 11.3. The maximum Gasteiger partial charge on any atom is 0.347 e. The van der Waals surface area contributed by atoms with Gasteiger partial charge in [0.2, 0.25) is 5.91 Å². The molecule has 0 saturated carbocycles. The van der Waals surface area contributed by atoms with Crippen molar-refractivity contribution < 1.29 is 23.1 Å². The van der Waals surface area contributed by atoms with E-state index in [1.54, 1.807) is 13.8 Å². The Labute approximate surface area is 121 Å². The molecule has 0 aromatic carbocycles. The molecule has 1 aromatic rings. The third kappa shape index (κ3) is 4.27. The molecule has 1 amide bonds. The SMILES string of the molecule is CCS(=O)(=O)CC(=O)NC(C)c1nc(C)c(C(=O)O)s1. The minimum absolute atomic E-state index is 0.103. The van der Waals surface area contributed by atoms with Crippen molar-refractivity contribution in [1.29, 1.82) is 0 Å². The van der Waals surface area contributed by atoms with Gasteiger partial charge in [0.05, 0.1) is 11.7 Å². The topological polar surface area (TPSA) is 113 Å². The maximum absolute atomic E-state index is 11.6. The molecule has 112 valence electrons. The molecule has 1 aromatic heterocycles. The van der Waals surface area contributed by atoms with Crippen LogP contribution in [0.15, 0.2) is 0 Å². The molecule has 20 heavy (non-hydrogen) atoms. The van der Waals surface area contributed by atoms with E-state index >= 15 is 0 Å². The molecule has 0 bridgehead atoms. The van der Waals surface area contributed by atoms with E-state index in [4.69, 9.17) is 5.11 Å². The third-order valence-corrected chi connectivity index (χ3v) is 5.46. The molecule has 1 heterocycles. The van der Waals surface area contributed by atoms with Crippen LogP contribution in [0.25, 0.3) is 0 Å². The van der Waals surface area contributed by atoms with E-state index in [0.717, 1.165) is 11.3 Å². The predicted octanol–water partition coefficient (Wildman–Crippen LogP) is 0.762. The van der Waals surface area contributed by atoms with E-state index in [9.17, 15) is 18.0 Å². The number of nitrogens with zero attached hydrogens (tertiary/aromatic N) is 1. The van der Waals surface area contributed by atoms with Gasteiger partial charge in [-0.25, -0.2) is 18.2 Å². The Kier molecular flexibility index (Phi) is 5.23. The van der Waals surface area contributed by atoms with Crippen molar-refractivity contribution in [3.05, 3.63) is 15.6 Å². The zero-order chi connectivity index (χ0) is 15.5. The van der Waals surface area contributed by atoms with Crippen LogP contribution in [0.2, 0.25) is 0 Å². The number of hydrogen-bond donors (Lipinski definition) is 2. The second-order valence-corrected chi connectivity index (χ2v) is 7.62. The molecular formula is C11H16N2O5S2. The first-order chi connectivity index (χ1) is 9.16. The number of thiazole rings is 1. The van der Waals surface area contributed by atoms with Crippen LogP contribution >= 0.6 is 11.3 Å². The first kappa shape index (κ1) is 16.6. The summed E-state index contributed by atoms with van der Waals surface area (Å²) in [7, 11) is -3.39. The van der Waals surface area contributed by atoms with Crippen molar-refractivity contribution in [3.8, 4) is 0 Å². The van der Waals surface area contributed by atoms with E-state index in [0.29, 0.717) is 10.7 Å². The van der Waals surface area contributed by atoms with Gasteiger partial charge in [-0.15, -0.1) is 11.3 Å². The van der Waals surface area contributed by atoms with Crippen molar-refractivity contribution in [2.45, 2.75) is 26.8 Å². The minimum Gasteiger partial charge on any atom is -0.477 e. The van der Waals surface area contributed by atoms with Gasteiger partial charge < -0.3 is 10.4 Å².